The minimum absolute atomic E-state index is 0.234. The summed E-state index contributed by atoms with van der Waals surface area (Å²) in [5.41, 5.74) is 0.0789. The normalized spacial score (nSPS) is 15.6. The van der Waals surface area contributed by atoms with Gasteiger partial charge in [-0.1, -0.05) is 11.6 Å². The first-order valence-electron chi connectivity index (χ1n) is 6.29. The number of methoxy groups -OCH3 is 1. The van der Waals surface area contributed by atoms with Gasteiger partial charge in [-0.3, -0.25) is 4.79 Å². The van der Waals surface area contributed by atoms with Crippen LogP contribution in [0.5, 0.6) is 0 Å². The highest BCUT2D eigenvalue weighted by atomic mass is 19.4. The maximum Gasteiger partial charge on any atom is 0.419 e. The number of esters is 1. The maximum absolute atomic E-state index is 12.4. The number of carbonyl (C=O) groups is 1. The smallest absolute Gasteiger partial charge is 0.419 e. The van der Waals surface area contributed by atoms with E-state index in [1.807, 2.05) is 6.08 Å². The number of aromatic nitrogens is 2. The standard InChI is InChI=1S/C13H14F3N3O2/c1-21-11(20)6-9-2-4-19(5-3-9)12-17-7-10(8-18-12)13(14,15)16/h2,7-8H,3-6H2,1H3. The van der Waals surface area contributed by atoms with E-state index in [0.29, 0.717) is 19.5 Å². The number of anilines is 1. The Kier molecular flexibility index (Phi) is 4.44. The van der Waals surface area contributed by atoms with E-state index in [0.717, 1.165) is 18.0 Å². The zero-order valence-electron chi connectivity index (χ0n) is 11.4. The Labute approximate surface area is 119 Å². The average Bonchev–Trinajstić information content (AvgIpc) is 2.47. The summed E-state index contributed by atoms with van der Waals surface area (Å²) in [5, 5.41) is 0. The van der Waals surface area contributed by atoms with Crippen LogP contribution in [0.25, 0.3) is 0 Å². The van der Waals surface area contributed by atoms with Crippen LogP contribution in [0.1, 0.15) is 18.4 Å². The second kappa shape index (κ2) is 6.11. The summed E-state index contributed by atoms with van der Waals surface area (Å²) in [6.07, 6.45) is -0.181. The molecule has 1 aromatic heterocycles. The van der Waals surface area contributed by atoms with Gasteiger partial charge in [0, 0.05) is 25.5 Å². The first-order chi connectivity index (χ1) is 9.90. The van der Waals surface area contributed by atoms with Gasteiger partial charge in [0.1, 0.15) is 0 Å². The lowest BCUT2D eigenvalue weighted by Gasteiger charge is -2.26. The van der Waals surface area contributed by atoms with Crippen LogP contribution < -0.4 is 4.90 Å². The Morgan fingerprint density at radius 3 is 2.52 bits per heavy atom. The van der Waals surface area contributed by atoms with Gasteiger partial charge in [0.25, 0.3) is 0 Å². The number of carbonyl (C=O) groups excluding carboxylic acids is 1. The Morgan fingerprint density at radius 1 is 1.38 bits per heavy atom. The summed E-state index contributed by atoms with van der Waals surface area (Å²) < 4.78 is 41.8. The number of halogens is 3. The second-order valence-corrected chi connectivity index (χ2v) is 4.58. The van der Waals surface area contributed by atoms with Crippen molar-refractivity contribution in [3.63, 3.8) is 0 Å². The fourth-order valence-corrected chi connectivity index (χ4v) is 1.94. The fraction of sp³-hybridized carbons (Fsp3) is 0.462. The molecule has 0 saturated carbocycles. The van der Waals surface area contributed by atoms with Gasteiger partial charge < -0.3 is 9.64 Å². The third-order valence-corrected chi connectivity index (χ3v) is 3.15. The van der Waals surface area contributed by atoms with Crippen molar-refractivity contribution in [1.29, 1.82) is 0 Å². The molecule has 0 spiro atoms. The lowest BCUT2D eigenvalue weighted by Crippen LogP contribution is -2.30. The molecule has 2 heterocycles. The number of rotatable bonds is 3. The Bertz CT molecular complexity index is 541. The van der Waals surface area contributed by atoms with Crippen LogP contribution in [0, 0.1) is 0 Å². The molecule has 0 unspecified atom stereocenters. The van der Waals surface area contributed by atoms with Crippen molar-refractivity contribution >= 4 is 11.9 Å². The van der Waals surface area contributed by atoms with E-state index < -0.39 is 11.7 Å². The third kappa shape index (κ3) is 3.93. The van der Waals surface area contributed by atoms with Crippen molar-refractivity contribution < 1.29 is 22.7 Å². The van der Waals surface area contributed by atoms with Crippen LogP contribution in [-0.2, 0) is 15.7 Å². The van der Waals surface area contributed by atoms with E-state index in [1.165, 1.54) is 7.11 Å². The van der Waals surface area contributed by atoms with Crippen molar-refractivity contribution in [2.24, 2.45) is 0 Å². The highest BCUT2D eigenvalue weighted by Gasteiger charge is 2.31. The Morgan fingerprint density at radius 2 is 2.05 bits per heavy atom. The predicted molar refractivity (Wildman–Crippen MR) is 68.6 cm³/mol. The fourth-order valence-electron chi connectivity index (χ4n) is 1.94. The highest BCUT2D eigenvalue weighted by molar-refractivity contribution is 5.72. The molecule has 0 atom stereocenters. The van der Waals surface area contributed by atoms with Crippen LogP contribution in [0.4, 0.5) is 19.1 Å². The van der Waals surface area contributed by atoms with Crippen molar-refractivity contribution in [2.75, 3.05) is 25.1 Å². The quantitative estimate of drug-likeness (QED) is 0.633. The largest absolute Gasteiger partial charge is 0.469 e. The zero-order valence-corrected chi connectivity index (χ0v) is 11.4. The third-order valence-electron chi connectivity index (χ3n) is 3.15. The lowest BCUT2D eigenvalue weighted by atomic mass is 10.1. The van der Waals surface area contributed by atoms with E-state index in [4.69, 9.17) is 0 Å². The van der Waals surface area contributed by atoms with E-state index >= 15 is 0 Å². The lowest BCUT2D eigenvalue weighted by molar-refractivity contribution is -0.140. The molecule has 1 aliphatic rings. The SMILES string of the molecule is COC(=O)CC1=CCN(c2ncc(C(F)(F)F)cn2)CC1. The van der Waals surface area contributed by atoms with Crippen LogP contribution >= 0.6 is 0 Å². The minimum atomic E-state index is -4.44. The first kappa shape index (κ1) is 15.3. The molecule has 1 aliphatic heterocycles. The van der Waals surface area contributed by atoms with Gasteiger partial charge in [-0.05, 0) is 6.42 Å². The highest BCUT2D eigenvalue weighted by Crippen LogP contribution is 2.28. The van der Waals surface area contributed by atoms with Crippen molar-refractivity contribution in [3.8, 4) is 0 Å². The van der Waals surface area contributed by atoms with Gasteiger partial charge in [0.2, 0.25) is 5.95 Å². The monoisotopic (exact) mass is 301 g/mol. The van der Waals surface area contributed by atoms with Crippen LogP contribution in [0.15, 0.2) is 24.0 Å². The number of ether oxygens (including phenoxy) is 1. The molecular weight excluding hydrogens is 287 g/mol. The molecule has 2 rings (SSSR count). The van der Waals surface area contributed by atoms with Crippen LogP contribution in [-0.4, -0.2) is 36.1 Å². The number of hydrogen-bond donors (Lipinski definition) is 0. The molecule has 5 nitrogen and oxygen atoms in total. The molecule has 114 valence electrons. The van der Waals surface area contributed by atoms with Crippen LogP contribution in [0.2, 0.25) is 0 Å². The molecule has 0 radical (unpaired) electrons. The molecule has 1 aromatic rings. The molecule has 0 fully saturated rings. The molecule has 0 amide bonds. The summed E-state index contributed by atoms with van der Waals surface area (Å²) in [7, 11) is 1.33. The van der Waals surface area contributed by atoms with Crippen LogP contribution in [0.3, 0.4) is 0 Å². The van der Waals surface area contributed by atoms with Crippen molar-refractivity contribution in [3.05, 3.63) is 29.6 Å². The van der Waals surface area contributed by atoms with Gasteiger partial charge in [0.05, 0.1) is 19.1 Å². The van der Waals surface area contributed by atoms with Gasteiger partial charge in [-0.15, -0.1) is 0 Å². The summed E-state index contributed by atoms with van der Waals surface area (Å²) in [4.78, 5) is 20.4. The van der Waals surface area contributed by atoms with Gasteiger partial charge in [-0.25, -0.2) is 9.97 Å². The number of nitrogens with zero attached hydrogens (tertiary/aromatic N) is 3. The first-order valence-corrected chi connectivity index (χ1v) is 6.29. The second-order valence-electron chi connectivity index (χ2n) is 4.58. The summed E-state index contributed by atoms with van der Waals surface area (Å²) in [6, 6.07) is 0. The predicted octanol–water partition coefficient (Wildman–Crippen LogP) is 2.20. The summed E-state index contributed by atoms with van der Waals surface area (Å²) >= 11 is 0. The maximum atomic E-state index is 12.4. The zero-order chi connectivity index (χ0) is 15.5. The number of hydrogen-bond acceptors (Lipinski definition) is 5. The molecule has 21 heavy (non-hydrogen) atoms. The molecule has 8 heteroatoms. The van der Waals surface area contributed by atoms with Gasteiger partial charge in [0.15, 0.2) is 0 Å². The molecule has 0 bridgehead atoms. The Hall–Kier alpha value is -2.12. The van der Waals surface area contributed by atoms with Gasteiger partial charge >= 0.3 is 12.1 Å². The van der Waals surface area contributed by atoms with E-state index in [1.54, 1.807) is 4.90 Å². The van der Waals surface area contributed by atoms with E-state index in [2.05, 4.69) is 14.7 Å². The molecular formula is C13H14F3N3O2. The minimum Gasteiger partial charge on any atom is -0.469 e. The Balaban J connectivity index is 2.00. The number of alkyl halides is 3. The van der Waals surface area contributed by atoms with E-state index in [-0.39, 0.29) is 18.3 Å². The molecule has 0 N–H and O–H groups in total. The van der Waals surface area contributed by atoms with E-state index in [9.17, 15) is 18.0 Å². The summed E-state index contributed by atoms with van der Waals surface area (Å²) in [5.74, 6) is -0.0585. The summed E-state index contributed by atoms with van der Waals surface area (Å²) in [6.45, 7) is 1.01. The van der Waals surface area contributed by atoms with Crippen molar-refractivity contribution in [1.82, 2.24) is 9.97 Å². The molecule has 0 aliphatic carbocycles. The molecule has 0 aromatic carbocycles. The topological polar surface area (TPSA) is 55.3 Å². The average molecular weight is 301 g/mol. The van der Waals surface area contributed by atoms with Gasteiger partial charge in [-0.2, -0.15) is 13.2 Å². The molecule has 0 saturated heterocycles. The van der Waals surface area contributed by atoms with Crippen molar-refractivity contribution in [2.45, 2.75) is 19.0 Å².